The fourth-order valence-corrected chi connectivity index (χ4v) is 3.00. The third kappa shape index (κ3) is 5.96. The van der Waals surface area contributed by atoms with Gasteiger partial charge in [-0.25, -0.2) is 4.79 Å². The summed E-state index contributed by atoms with van der Waals surface area (Å²) >= 11 is 6.09. The molecule has 160 valence electrons. The van der Waals surface area contributed by atoms with E-state index in [-0.39, 0.29) is 17.6 Å². The highest BCUT2D eigenvalue weighted by molar-refractivity contribution is 6.31. The number of halogens is 1. The van der Waals surface area contributed by atoms with Gasteiger partial charge in [-0.05, 0) is 54.8 Å². The number of rotatable bonds is 6. The van der Waals surface area contributed by atoms with Crippen molar-refractivity contribution in [2.24, 2.45) is 0 Å². The van der Waals surface area contributed by atoms with Crippen molar-refractivity contribution < 1.29 is 14.3 Å². The van der Waals surface area contributed by atoms with E-state index in [1.165, 1.54) is 6.20 Å². The average Bonchev–Trinajstić information content (AvgIpc) is 2.76. The lowest BCUT2D eigenvalue weighted by molar-refractivity contribution is 0.0958. The smallest absolute Gasteiger partial charge is 0.319 e. The summed E-state index contributed by atoms with van der Waals surface area (Å²) in [6, 6.07) is 13.9. The number of hydrogen-bond acceptors (Lipinski definition) is 4. The van der Waals surface area contributed by atoms with Crippen LogP contribution in [0.15, 0.2) is 54.7 Å². The van der Waals surface area contributed by atoms with Crippen LogP contribution < -0.4 is 20.7 Å². The molecule has 0 saturated carbocycles. The molecule has 0 aliphatic carbocycles. The first-order valence-corrected chi connectivity index (χ1v) is 10.00. The molecular formula is C23H23ClN4O3. The van der Waals surface area contributed by atoms with Gasteiger partial charge in [0, 0.05) is 36.6 Å². The normalized spacial score (nSPS) is 10.3. The molecule has 3 aromatic rings. The molecule has 0 saturated heterocycles. The van der Waals surface area contributed by atoms with Gasteiger partial charge in [-0.3, -0.25) is 9.78 Å². The van der Waals surface area contributed by atoms with Crippen molar-refractivity contribution in [1.82, 2.24) is 15.6 Å². The van der Waals surface area contributed by atoms with Crippen LogP contribution in [0.3, 0.4) is 0 Å². The van der Waals surface area contributed by atoms with Crippen molar-refractivity contribution in [3.05, 3.63) is 82.1 Å². The van der Waals surface area contributed by atoms with Gasteiger partial charge in [0.25, 0.3) is 5.91 Å². The van der Waals surface area contributed by atoms with Gasteiger partial charge >= 0.3 is 6.03 Å². The van der Waals surface area contributed by atoms with Crippen molar-refractivity contribution in [3.63, 3.8) is 0 Å². The number of urea groups is 1. The minimum absolute atomic E-state index is 0.277. The molecule has 31 heavy (non-hydrogen) atoms. The molecule has 7 nitrogen and oxygen atoms in total. The summed E-state index contributed by atoms with van der Waals surface area (Å²) in [7, 11) is 1.55. The summed E-state index contributed by atoms with van der Waals surface area (Å²) in [4.78, 5) is 27.9. The number of aromatic nitrogens is 1. The molecule has 0 fully saturated rings. The van der Waals surface area contributed by atoms with E-state index in [0.29, 0.717) is 28.8 Å². The van der Waals surface area contributed by atoms with Crippen LogP contribution in [0, 0.1) is 13.8 Å². The maximum atomic E-state index is 12.2. The zero-order chi connectivity index (χ0) is 22.4. The van der Waals surface area contributed by atoms with Crippen molar-refractivity contribution in [3.8, 4) is 11.5 Å². The number of aryl methyl sites for hydroxylation is 2. The fraction of sp³-hybridized carbons (Fsp3) is 0.174. The number of nitrogens with zero attached hydrogens (tertiary/aromatic N) is 1. The van der Waals surface area contributed by atoms with Crippen LogP contribution in [-0.4, -0.2) is 24.0 Å². The van der Waals surface area contributed by atoms with Crippen LogP contribution in [0.4, 0.5) is 10.5 Å². The standard InChI is InChI=1S/C23H23ClN4O3/c1-14-4-6-17(11-19(14)24)28-23(30)27-13-16-5-7-21(15(2)10-16)31-18-8-9-26-20(12-18)22(29)25-3/h4-12H,13H2,1-3H3,(H,25,29)(H2,27,28,30). The third-order valence-corrected chi connectivity index (χ3v) is 4.95. The first-order chi connectivity index (χ1) is 14.9. The topological polar surface area (TPSA) is 92.4 Å². The highest BCUT2D eigenvalue weighted by atomic mass is 35.5. The van der Waals surface area contributed by atoms with Gasteiger partial charge in [0.05, 0.1) is 0 Å². The number of nitrogens with one attached hydrogen (secondary N) is 3. The molecular weight excluding hydrogens is 416 g/mol. The van der Waals surface area contributed by atoms with Gasteiger partial charge in [-0.1, -0.05) is 29.8 Å². The third-order valence-electron chi connectivity index (χ3n) is 4.54. The Kier molecular flexibility index (Phi) is 7.10. The Morgan fingerprint density at radius 1 is 1.03 bits per heavy atom. The molecule has 0 aliphatic rings. The SMILES string of the molecule is CNC(=O)c1cc(Oc2ccc(CNC(=O)Nc3ccc(C)c(Cl)c3)cc2C)ccn1. The second kappa shape index (κ2) is 9.95. The number of benzene rings is 2. The summed E-state index contributed by atoms with van der Waals surface area (Å²) in [5, 5.41) is 8.71. The molecule has 2 aromatic carbocycles. The van der Waals surface area contributed by atoms with Crippen molar-refractivity contribution >= 4 is 29.2 Å². The van der Waals surface area contributed by atoms with E-state index in [1.54, 1.807) is 31.3 Å². The maximum Gasteiger partial charge on any atom is 0.319 e. The highest BCUT2D eigenvalue weighted by Gasteiger charge is 2.09. The summed E-state index contributed by atoms with van der Waals surface area (Å²) in [6.07, 6.45) is 1.52. The van der Waals surface area contributed by atoms with Crippen molar-refractivity contribution in [1.29, 1.82) is 0 Å². The van der Waals surface area contributed by atoms with Crippen LogP contribution in [0.1, 0.15) is 27.2 Å². The van der Waals surface area contributed by atoms with E-state index < -0.39 is 0 Å². The van der Waals surface area contributed by atoms with Gasteiger partial charge in [-0.15, -0.1) is 0 Å². The number of amides is 3. The molecule has 3 amide bonds. The quantitative estimate of drug-likeness (QED) is 0.514. The van der Waals surface area contributed by atoms with E-state index in [1.807, 2.05) is 38.1 Å². The first-order valence-electron chi connectivity index (χ1n) is 9.62. The van der Waals surface area contributed by atoms with Gasteiger partial charge in [0.1, 0.15) is 17.2 Å². The van der Waals surface area contributed by atoms with E-state index in [9.17, 15) is 9.59 Å². The van der Waals surface area contributed by atoms with E-state index in [4.69, 9.17) is 16.3 Å². The molecule has 0 radical (unpaired) electrons. The molecule has 0 spiro atoms. The van der Waals surface area contributed by atoms with Crippen LogP contribution in [0.2, 0.25) is 5.02 Å². The fourth-order valence-electron chi connectivity index (χ4n) is 2.82. The molecule has 0 unspecified atom stereocenters. The Hall–Kier alpha value is -3.58. The summed E-state index contributed by atoms with van der Waals surface area (Å²) in [5.74, 6) is 0.880. The van der Waals surface area contributed by atoms with Crippen molar-refractivity contribution in [2.45, 2.75) is 20.4 Å². The Morgan fingerprint density at radius 2 is 1.84 bits per heavy atom. The van der Waals surface area contributed by atoms with Crippen LogP contribution in [-0.2, 0) is 6.54 Å². The van der Waals surface area contributed by atoms with Gasteiger partial charge in [0.15, 0.2) is 0 Å². The minimum atomic E-state index is -0.323. The number of anilines is 1. The molecule has 0 atom stereocenters. The Balaban J connectivity index is 1.59. The lowest BCUT2D eigenvalue weighted by Gasteiger charge is -2.12. The largest absolute Gasteiger partial charge is 0.457 e. The molecule has 1 aromatic heterocycles. The number of pyridine rings is 1. The molecule has 0 aliphatic heterocycles. The Labute approximate surface area is 185 Å². The molecule has 0 bridgehead atoms. The Morgan fingerprint density at radius 3 is 2.55 bits per heavy atom. The summed E-state index contributed by atoms with van der Waals surface area (Å²) < 4.78 is 5.89. The van der Waals surface area contributed by atoms with E-state index >= 15 is 0 Å². The van der Waals surface area contributed by atoms with E-state index in [2.05, 4.69) is 20.9 Å². The van der Waals surface area contributed by atoms with Crippen LogP contribution >= 0.6 is 11.6 Å². The molecule has 1 heterocycles. The lowest BCUT2D eigenvalue weighted by Crippen LogP contribution is -2.28. The predicted molar refractivity (Wildman–Crippen MR) is 121 cm³/mol. The summed E-state index contributed by atoms with van der Waals surface area (Å²) in [5.41, 5.74) is 3.66. The molecule has 3 N–H and O–H groups in total. The number of hydrogen-bond donors (Lipinski definition) is 3. The first kappa shape index (κ1) is 22.1. The van der Waals surface area contributed by atoms with Gasteiger partial charge in [0.2, 0.25) is 0 Å². The van der Waals surface area contributed by atoms with Gasteiger partial charge < -0.3 is 20.7 Å². The highest BCUT2D eigenvalue weighted by Crippen LogP contribution is 2.26. The van der Waals surface area contributed by atoms with Crippen molar-refractivity contribution in [2.75, 3.05) is 12.4 Å². The Bertz CT molecular complexity index is 1120. The zero-order valence-corrected chi connectivity index (χ0v) is 18.2. The molecule has 3 rings (SSSR count). The van der Waals surface area contributed by atoms with Crippen LogP contribution in [0.25, 0.3) is 0 Å². The number of carbonyl (C=O) groups is 2. The zero-order valence-electron chi connectivity index (χ0n) is 17.5. The predicted octanol–water partition coefficient (Wildman–Crippen LogP) is 4.83. The van der Waals surface area contributed by atoms with E-state index in [0.717, 1.165) is 16.7 Å². The molecule has 8 heteroatoms. The lowest BCUT2D eigenvalue weighted by atomic mass is 10.1. The number of carbonyl (C=O) groups excluding carboxylic acids is 2. The monoisotopic (exact) mass is 438 g/mol. The number of ether oxygens (including phenoxy) is 1. The minimum Gasteiger partial charge on any atom is -0.457 e. The second-order valence-corrected chi connectivity index (χ2v) is 7.34. The average molecular weight is 439 g/mol. The maximum absolute atomic E-state index is 12.2. The second-order valence-electron chi connectivity index (χ2n) is 6.93. The summed E-state index contributed by atoms with van der Waals surface area (Å²) in [6.45, 7) is 4.16. The van der Waals surface area contributed by atoms with Crippen LogP contribution in [0.5, 0.6) is 11.5 Å². The van der Waals surface area contributed by atoms with Gasteiger partial charge in [-0.2, -0.15) is 0 Å².